The zero-order valence-electron chi connectivity index (χ0n) is 10.9. The summed E-state index contributed by atoms with van der Waals surface area (Å²) < 4.78 is 0. The third-order valence-electron chi connectivity index (χ3n) is 3.46. The molecule has 1 atom stereocenters. The first kappa shape index (κ1) is 12.2. The van der Waals surface area contributed by atoms with E-state index in [1.165, 1.54) is 5.56 Å². The fourth-order valence-corrected chi connectivity index (χ4v) is 2.31. The van der Waals surface area contributed by atoms with Gasteiger partial charge in [-0.2, -0.15) is 0 Å². The van der Waals surface area contributed by atoms with E-state index < -0.39 is 0 Å². The van der Waals surface area contributed by atoms with Crippen LogP contribution >= 0.6 is 0 Å². The molecular formula is C15H21NO. The van der Waals surface area contributed by atoms with Gasteiger partial charge in [0, 0.05) is 6.54 Å². The molecular weight excluding hydrogens is 210 g/mol. The Morgan fingerprint density at radius 1 is 1.18 bits per heavy atom. The summed E-state index contributed by atoms with van der Waals surface area (Å²) in [7, 11) is 0. The van der Waals surface area contributed by atoms with Crippen molar-refractivity contribution in [2.45, 2.75) is 44.9 Å². The number of piperidine rings is 1. The number of benzene rings is 1. The van der Waals surface area contributed by atoms with Gasteiger partial charge in [-0.1, -0.05) is 45.0 Å². The first-order valence-corrected chi connectivity index (χ1v) is 6.36. The van der Waals surface area contributed by atoms with Gasteiger partial charge in [0.2, 0.25) is 5.91 Å². The van der Waals surface area contributed by atoms with E-state index in [0.29, 0.717) is 0 Å². The summed E-state index contributed by atoms with van der Waals surface area (Å²) >= 11 is 0. The summed E-state index contributed by atoms with van der Waals surface area (Å²) in [5.74, 6) is 0.234. The predicted octanol–water partition coefficient (Wildman–Crippen LogP) is 2.98. The van der Waals surface area contributed by atoms with E-state index in [2.05, 4.69) is 50.4 Å². The average molecular weight is 231 g/mol. The van der Waals surface area contributed by atoms with Crippen LogP contribution in [0.2, 0.25) is 0 Å². The molecule has 17 heavy (non-hydrogen) atoms. The van der Waals surface area contributed by atoms with Gasteiger partial charge in [0.15, 0.2) is 0 Å². The van der Waals surface area contributed by atoms with Crippen molar-refractivity contribution in [2.24, 2.45) is 0 Å². The molecule has 1 aliphatic heterocycles. The molecule has 0 radical (unpaired) electrons. The molecule has 1 aliphatic rings. The lowest BCUT2D eigenvalue weighted by atomic mass is 9.84. The van der Waals surface area contributed by atoms with E-state index in [0.717, 1.165) is 24.9 Å². The van der Waals surface area contributed by atoms with E-state index in [1.54, 1.807) is 0 Å². The molecule has 1 unspecified atom stereocenters. The lowest BCUT2D eigenvalue weighted by Gasteiger charge is -2.24. The smallest absolute Gasteiger partial charge is 0.227 e. The molecule has 0 aromatic heterocycles. The van der Waals surface area contributed by atoms with Gasteiger partial charge in [-0.15, -0.1) is 0 Å². The van der Waals surface area contributed by atoms with Gasteiger partial charge in [0.05, 0.1) is 5.92 Å². The van der Waals surface area contributed by atoms with Crippen molar-refractivity contribution in [3.63, 3.8) is 0 Å². The molecule has 1 amide bonds. The van der Waals surface area contributed by atoms with Crippen LogP contribution in [0.3, 0.4) is 0 Å². The second-order valence-corrected chi connectivity index (χ2v) is 5.86. The van der Waals surface area contributed by atoms with Crippen LogP contribution in [0.25, 0.3) is 0 Å². The molecule has 2 rings (SSSR count). The highest BCUT2D eigenvalue weighted by atomic mass is 16.1. The van der Waals surface area contributed by atoms with E-state index >= 15 is 0 Å². The van der Waals surface area contributed by atoms with Gasteiger partial charge in [-0.05, 0) is 29.4 Å². The topological polar surface area (TPSA) is 29.1 Å². The highest BCUT2D eigenvalue weighted by Crippen LogP contribution is 2.27. The van der Waals surface area contributed by atoms with Crippen molar-refractivity contribution in [2.75, 3.05) is 6.54 Å². The van der Waals surface area contributed by atoms with Crippen molar-refractivity contribution in [1.82, 2.24) is 5.32 Å². The van der Waals surface area contributed by atoms with Crippen LogP contribution in [0.4, 0.5) is 0 Å². The van der Waals surface area contributed by atoms with Crippen LogP contribution in [0.5, 0.6) is 0 Å². The van der Waals surface area contributed by atoms with Crippen molar-refractivity contribution in [1.29, 1.82) is 0 Å². The summed E-state index contributed by atoms with van der Waals surface area (Å²) in [5, 5.41) is 2.94. The lowest BCUT2D eigenvalue weighted by molar-refractivity contribution is -0.123. The second-order valence-electron chi connectivity index (χ2n) is 5.86. The molecule has 0 aliphatic carbocycles. The number of rotatable bonds is 1. The van der Waals surface area contributed by atoms with E-state index in [1.807, 2.05) is 0 Å². The van der Waals surface area contributed by atoms with Crippen LogP contribution in [0.15, 0.2) is 24.3 Å². The van der Waals surface area contributed by atoms with Crippen LogP contribution in [0, 0.1) is 0 Å². The van der Waals surface area contributed by atoms with Gasteiger partial charge in [-0.3, -0.25) is 4.79 Å². The first-order chi connectivity index (χ1) is 7.98. The van der Waals surface area contributed by atoms with E-state index in [-0.39, 0.29) is 17.2 Å². The van der Waals surface area contributed by atoms with E-state index in [4.69, 9.17) is 0 Å². The minimum absolute atomic E-state index is 0.0535. The van der Waals surface area contributed by atoms with Crippen molar-refractivity contribution < 1.29 is 4.79 Å². The second kappa shape index (κ2) is 4.52. The van der Waals surface area contributed by atoms with Crippen LogP contribution in [-0.2, 0) is 10.2 Å². The van der Waals surface area contributed by atoms with Crippen LogP contribution in [-0.4, -0.2) is 12.5 Å². The summed E-state index contributed by atoms with van der Waals surface area (Å²) in [4.78, 5) is 11.8. The van der Waals surface area contributed by atoms with Crippen molar-refractivity contribution in [3.8, 4) is 0 Å². The van der Waals surface area contributed by atoms with Gasteiger partial charge in [0.1, 0.15) is 0 Å². The number of nitrogens with one attached hydrogen (secondary N) is 1. The molecule has 1 aromatic rings. The van der Waals surface area contributed by atoms with Crippen molar-refractivity contribution >= 4 is 5.91 Å². The van der Waals surface area contributed by atoms with Crippen LogP contribution < -0.4 is 5.32 Å². The maximum Gasteiger partial charge on any atom is 0.227 e. The Balaban J connectivity index is 2.20. The Morgan fingerprint density at radius 3 is 2.35 bits per heavy atom. The minimum atomic E-state index is 0.0535. The average Bonchev–Trinajstić information content (AvgIpc) is 2.29. The maximum atomic E-state index is 11.8. The third-order valence-corrected chi connectivity index (χ3v) is 3.46. The van der Waals surface area contributed by atoms with Gasteiger partial charge in [-0.25, -0.2) is 0 Å². The highest BCUT2D eigenvalue weighted by molar-refractivity contribution is 5.84. The summed E-state index contributed by atoms with van der Waals surface area (Å²) in [6, 6.07) is 8.51. The number of hydrogen-bond donors (Lipinski definition) is 1. The quantitative estimate of drug-likeness (QED) is 0.791. The summed E-state index contributed by atoms with van der Waals surface area (Å²) in [6.07, 6.45) is 2.05. The number of hydrogen-bond acceptors (Lipinski definition) is 1. The lowest BCUT2D eigenvalue weighted by Crippen LogP contribution is -2.35. The number of carbonyl (C=O) groups is 1. The largest absolute Gasteiger partial charge is 0.356 e. The Hall–Kier alpha value is -1.31. The Labute approximate surface area is 103 Å². The first-order valence-electron chi connectivity index (χ1n) is 6.36. The SMILES string of the molecule is CC(C)(C)c1ccc(C2CCCNC2=O)cc1. The molecule has 0 saturated carbocycles. The Bertz CT molecular complexity index is 400. The molecule has 1 fully saturated rings. The molecule has 1 aromatic carbocycles. The highest BCUT2D eigenvalue weighted by Gasteiger charge is 2.24. The normalized spacial score (nSPS) is 21.1. The zero-order chi connectivity index (χ0) is 12.5. The molecule has 2 nitrogen and oxygen atoms in total. The minimum Gasteiger partial charge on any atom is -0.356 e. The molecule has 0 spiro atoms. The molecule has 1 N–H and O–H groups in total. The molecule has 2 heteroatoms. The molecule has 92 valence electrons. The fourth-order valence-electron chi connectivity index (χ4n) is 2.31. The third kappa shape index (κ3) is 2.68. The maximum absolute atomic E-state index is 11.8. The van der Waals surface area contributed by atoms with Crippen LogP contribution in [0.1, 0.15) is 50.7 Å². The standard InChI is InChI=1S/C15H21NO/c1-15(2,3)12-8-6-11(7-9-12)13-5-4-10-16-14(13)17/h6-9,13H,4-5,10H2,1-3H3,(H,16,17). The monoisotopic (exact) mass is 231 g/mol. The van der Waals surface area contributed by atoms with E-state index in [9.17, 15) is 4.79 Å². The Kier molecular flexibility index (Phi) is 3.23. The predicted molar refractivity (Wildman–Crippen MR) is 70.1 cm³/mol. The molecule has 0 bridgehead atoms. The fraction of sp³-hybridized carbons (Fsp3) is 0.533. The van der Waals surface area contributed by atoms with Gasteiger partial charge in [0.25, 0.3) is 0 Å². The molecule has 1 saturated heterocycles. The van der Waals surface area contributed by atoms with Gasteiger partial charge < -0.3 is 5.32 Å². The van der Waals surface area contributed by atoms with Crippen molar-refractivity contribution in [3.05, 3.63) is 35.4 Å². The summed E-state index contributed by atoms with van der Waals surface area (Å²) in [6.45, 7) is 7.44. The zero-order valence-corrected chi connectivity index (χ0v) is 10.9. The van der Waals surface area contributed by atoms with Gasteiger partial charge >= 0.3 is 0 Å². The number of amides is 1. The molecule has 1 heterocycles. The Morgan fingerprint density at radius 2 is 1.82 bits per heavy atom. The summed E-state index contributed by atoms with van der Waals surface area (Å²) in [5.41, 5.74) is 2.64. The number of carbonyl (C=O) groups excluding carboxylic acids is 1.